The molecule has 0 N–H and O–H groups in total. The first-order valence-corrected chi connectivity index (χ1v) is 5.11. The Bertz CT molecular complexity index is 546. The highest BCUT2D eigenvalue weighted by atomic mass is 16.1. The van der Waals surface area contributed by atoms with Crippen LogP contribution in [0.25, 0.3) is 10.9 Å². The Hall–Kier alpha value is -1.57. The van der Waals surface area contributed by atoms with Gasteiger partial charge in [0.15, 0.2) is 0 Å². The molecule has 2 rings (SSSR count). The van der Waals surface area contributed by atoms with Gasteiger partial charge in [-0.2, -0.15) is 0 Å². The van der Waals surface area contributed by atoms with Gasteiger partial charge in [-0.1, -0.05) is 18.2 Å². The van der Waals surface area contributed by atoms with Crippen LogP contribution in [0.15, 0.2) is 41.2 Å². The van der Waals surface area contributed by atoms with Gasteiger partial charge in [-0.15, -0.1) is 0 Å². The molecule has 2 nitrogen and oxygen atoms in total. The molecule has 1 aromatic heterocycles. The van der Waals surface area contributed by atoms with Gasteiger partial charge in [0.2, 0.25) is 0 Å². The quantitative estimate of drug-likeness (QED) is 0.642. The number of aromatic nitrogens is 1. The summed E-state index contributed by atoms with van der Waals surface area (Å²) in [5.41, 5.74) is 0.872. The third-order valence-electron chi connectivity index (χ3n) is 2.47. The van der Waals surface area contributed by atoms with Crippen LogP contribution in [0.5, 0.6) is 0 Å². The van der Waals surface area contributed by atoms with Crippen molar-refractivity contribution in [3.63, 3.8) is 0 Å². The van der Waals surface area contributed by atoms with E-state index in [9.17, 15) is 4.79 Å². The van der Waals surface area contributed by atoms with Gasteiger partial charge in [0.25, 0.3) is 5.56 Å². The zero-order valence-corrected chi connectivity index (χ0v) is 9.32. The van der Waals surface area contributed by atoms with Crippen molar-refractivity contribution in [3.05, 3.63) is 46.8 Å². The maximum absolute atomic E-state index is 11.8. The van der Waals surface area contributed by atoms with Gasteiger partial charge in [-0.25, -0.2) is 0 Å². The van der Waals surface area contributed by atoms with E-state index >= 15 is 0 Å². The lowest BCUT2D eigenvalue weighted by molar-refractivity contribution is 0.398. The highest BCUT2D eigenvalue weighted by Crippen LogP contribution is 2.19. The summed E-state index contributed by atoms with van der Waals surface area (Å²) in [6.07, 6.45) is 0. The van der Waals surface area contributed by atoms with Crippen molar-refractivity contribution < 1.29 is 0 Å². The van der Waals surface area contributed by atoms with Crippen LogP contribution in [0.3, 0.4) is 0 Å². The van der Waals surface area contributed by atoms with Crippen molar-refractivity contribution in [2.24, 2.45) is 0 Å². The number of para-hydroxylation sites is 1. The van der Waals surface area contributed by atoms with Crippen LogP contribution in [0.1, 0.15) is 20.8 Å². The van der Waals surface area contributed by atoms with Crippen molar-refractivity contribution in [2.45, 2.75) is 26.3 Å². The molecule has 0 bridgehead atoms. The lowest BCUT2D eigenvalue weighted by atomic mass is 10.1. The molecule has 1 aromatic carbocycles. The number of nitrogens with zero attached hydrogens (tertiary/aromatic N) is 1. The Morgan fingerprint density at radius 1 is 1.00 bits per heavy atom. The minimum atomic E-state index is -0.183. The molecule has 0 aliphatic heterocycles. The number of pyridine rings is 1. The normalized spacial score (nSPS) is 11.9. The van der Waals surface area contributed by atoms with Crippen molar-refractivity contribution in [1.29, 1.82) is 0 Å². The number of rotatable bonds is 0. The molecular formula is C13H15NO. The smallest absolute Gasteiger partial charge is 0.251 e. The summed E-state index contributed by atoms with van der Waals surface area (Å²) in [7, 11) is 0. The SMILES string of the molecule is CC(C)(C)n1c(=O)ccc2ccccc21. The Kier molecular flexibility index (Phi) is 2.14. The summed E-state index contributed by atoms with van der Waals surface area (Å²) < 4.78 is 1.84. The molecule has 0 amide bonds. The monoisotopic (exact) mass is 201 g/mol. The molecule has 15 heavy (non-hydrogen) atoms. The number of fused-ring (bicyclic) bond motifs is 1. The van der Waals surface area contributed by atoms with E-state index < -0.39 is 0 Å². The second-order valence-corrected chi connectivity index (χ2v) is 4.74. The molecule has 2 heteroatoms. The second-order valence-electron chi connectivity index (χ2n) is 4.74. The standard InChI is InChI=1S/C13H15NO/c1-13(2,3)14-11-7-5-4-6-10(11)8-9-12(14)15/h4-9H,1-3H3. The zero-order valence-electron chi connectivity index (χ0n) is 9.32. The maximum Gasteiger partial charge on any atom is 0.251 e. The third kappa shape index (κ3) is 1.67. The topological polar surface area (TPSA) is 22.0 Å². The van der Waals surface area contributed by atoms with Gasteiger partial charge in [0, 0.05) is 11.6 Å². The fourth-order valence-corrected chi connectivity index (χ4v) is 1.88. The first kappa shape index (κ1) is 9.97. The van der Waals surface area contributed by atoms with Crippen LogP contribution >= 0.6 is 0 Å². The Morgan fingerprint density at radius 3 is 2.33 bits per heavy atom. The Balaban J connectivity index is 2.93. The van der Waals surface area contributed by atoms with Crippen molar-refractivity contribution in [1.82, 2.24) is 4.57 Å². The molecule has 0 fully saturated rings. The first-order valence-electron chi connectivity index (χ1n) is 5.11. The van der Waals surface area contributed by atoms with Gasteiger partial charge in [-0.05, 0) is 38.3 Å². The number of hydrogen-bond acceptors (Lipinski definition) is 1. The van der Waals surface area contributed by atoms with Gasteiger partial charge < -0.3 is 4.57 Å². The average Bonchev–Trinajstić information content (AvgIpc) is 2.15. The first-order chi connectivity index (χ1) is 7.00. The largest absolute Gasteiger partial charge is 0.303 e. The van der Waals surface area contributed by atoms with Crippen LogP contribution in [0.2, 0.25) is 0 Å². The van der Waals surface area contributed by atoms with E-state index in [0.29, 0.717) is 0 Å². The average molecular weight is 201 g/mol. The molecular weight excluding hydrogens is 186 g/mol. The van der Waals surface area contributed by atoms with E-state index in [-0.39, 0.29) is 11.1 Å². The van der Waals surface area contributed by atoms with Crippen LogP contribution in [0.4, 0.5) is 0 Å². The van der Waals surface area contributed by atoms with Gasteiger partial charge in [0.05, 0.1) is 5.52 Å². The predicted molar refractivity (Wildman–Crippen MR) is 63.2 cm³/mol. The highest BCUT2D eigenvalue weighted by molar-refractivity contribution is 5.78. The fraction of sp³-hybridized carbons (Fsp3) is 0.308. The number of hydrogen-bond donors (Lipinski definition) is 0. The van der Waals surface area contributed by atoms with E-state index in [1.807, 2.05) is 55.7 Å². The van der Waals surface area contributed by atoms with Gasteiger partial charge >= 0.3 is 0 Å². The molecule has 0 aliphatic rings. The lowest BCUT2D eigenvalue weighted by Crippen LogP contribution is -2.33. The van der Waals surface area contributed by atoms with Crippen molar-refractivity contribution >= 4 is 10.9 Å². The Morgan fingerprint density at radius 2 is 1.67 bits per heavy atom. The van der Waals surface area contributed by atoms with Crippen LogP contribution in [-0.4, -0.2) is 4.57 Å². The summed E-state index contributed by atoms with van der Waals surface area (Å²) in [4.78, 5) is 11.8. The summed E-state index contributed by atoms with van der Waals surface area (Å²) in [5.74, 6) is 0. The second kappa shape index (κ2) is 3.23. The molecule has 0 atom stereocenters. The third-order valence-corrected chi connectivity index (χ3v) is 2.47. The summed E-state index contributed by atoms with van der Waals surface area (Å²) in [5, 5.41) is 1.10. The van der Waals surface area contributed by atoms with Crippen LogP contribution in [0, 0.1) is 0 Å². The molecule has 2 aromatic rings. The maximum atomic E-state index is 11.8. The molecule has 0 radical (unpaired) electrons. The zero-order chi connectivity index (χ0) is 11.1. The van der Waals surface area contributed by atoms with E-state index in [0.717, 1.165) is 10.9 Å². The minimum absolute atomic E-state index is 0.0567. The summed E-state index contributed by atoms with van der Waals surface area (Å²) >= 11 is 0. The highest BCUT2D eigenvalue weighted by Gasteiger charge is 2.16. The Labute approximate surface area is 89.2 Å². The molecule has 0 spiro atoms. The van der Waals surface area contributed by atoms with Crippen LogP contribution < -0.4 is 5.56 Å². The molecule has 0 aliphatic carbocycles. The number of benzene rings is 1. The molecule has 0 saturated carbocycles. The van der Waals surface area contributed by atoms with Crippen molar-refractivity contribution in [3.8, 4) is 0 Å². The van der Waals surface area contributed by atoms with E-state index in [2.05, 4.69) is 0 Å². The molecule has 1 heterocycles. The van der Waals surface area contributed by atoms with Gasteiger partial charge in [-0.3, -0.25) is 4.79 Å². The summed E-state index contributed by atoms with van der Waals surface area (Å²) in [6.45, 7) is 6.13. The molecule has 78 valence electrons. The van der Waals surface area contributed by atoms with E-state index in [1.54, 1.807) is 6.07 Å². The van der Waals surface area contributed by atoms with Crippen molar-refractivity contribution in [2.75, 3.05) is 0 Å². The van der Waals surface area contributed by atoms with E-state index in [1.165, 1.54) is 0 Å². The predicted octanol–water partition coefficient (Wildman–Crippen LogP) is 2.76. The summed E-state index contributed by atoms with van der Waals surface area (Å²) in [6, 6.07) is 11.5. The molecule has 0 unspecified atom stereocenters. The fourth-order valence-electron chi connectivity index (χ4n) is 1.88. The minimum Gasteiger partial charge on any atom is -0.303 e. The van der Waals surface area contributed by atoms with E-state index in [4.69, 9.17) is 0 Å². The van der Waals surface area contributed by atoms with Crippen LogP contribution in [-0.2, 0) is 5.54 Å². The van der Waals surface area contributed by atoms with Gasteiger partial charge in [0.1, 0.15) is 0 Å². The lowest BCUT2D eigenvalue weighted by Gasteiger charge is -2.24. The molecule has 0 saturated heterocycles.